The van der Waals surface area contributed by atoms with Crippen molar-refractivity contribution in [3.63, 3.8) is 0 Å². The third-order valence-corrected chi connectivity index (χ3v) is 5.56. The van der Waals surface area contributed by atoms with E-state index in [1.165, 1.54) is 11.0 Å². The highest BCUT2D eigenvalue weighted by Crippen LogP contribution is 2.55. The van der Waals surface area contributed by atoms with Gasteiger partial charge in [-0.25, -0.2) is 33.1 Å². The molecule has 5 rings (SSSR count). The van der Waals surface area contributed by atoms with Gasteiger partial charge in [0, 0.05) is 37.8 Å². The van der Waals surface area contributed by atoms with Gasteiger partial charge in [0.1, 0.15) is 5.82 Å². The van der Waals surface area contributed by atoms with E-state index in [0.717, 1.165) is 17.5 Å². The van der Waals surface area contributed by atoms with Crippen molar-refractivity contribution in [1.29, 1.82) is 0 Å². The van der Waals surface area contributed by atoms with Crippen molar-refractivity contribution in [1.82, 2.24) is 19.9 Å². The number of anilines is 1. The van der Waals surface area contributed by atoms with Crippen LogP contribution >= 0.6 is 0 Å². The standard InChI is InChI=1S/C21H18F3N5/c22-17-3-2-13(8-18(17)29-7-4-21(23,24)12-29)15-9-16(15)14-10-27-20(28-11-14)19-25-5-1-6-26-19/h1-3,5-6,8,10-11,15-16H,4,7,9,12H2. The van der Waals surface area contributed by atoms with Gasteiger partial charge in [0.25, 0.3) is 5.92 Å². The Labute approximate surface area is 165 Å². The van der Waals surface area contributed by atoms with Crippen molar-refractivity contribution in [3.05, 3.63) is 66.0 Å². The molecule has 0 bridgehead atoms. The third-order valence-electron chi connectivity index (χ3n) is 5.56. The molecule has 2 aliphatic rings. The second-order valence-corrected chi connectivity index (χ2v) is 7.60. The molecule has 29 heavy (non-hydrogen) atoms. The Hall–Kier alpha value is -3.03. The second-order valence-electron chi connectivity index (χ2n) is 7.60. The molecule has 1 aromatic carbocycles. The zero-order chi connectivity index (χ0) is 20.0. The first-order valence-corrected chi connectivity index (χ1v) is 9.52. The summed E-state index contributed by atoms with van der Waals surface area (Å²) in [6.07, 6.45) is 7.48. The molecule has 0 N–H and O–H groups in total. The molecule has 1 aliphatic carbocycles. The predicted octanol–water partition coefficient (Wildman–Crippen LogP) is 4.19. The Kier molecular flexibility index (Phi) is 4.22. The van der Waals surface area contributed by atoms with Gasteiger partial charge in [-0.3, -0.25) is 0 Å². The van der Waals surface area contributed by atoms with Gasteiger partial charge in [-0.05, 0) is 47.6 Å². The van der Waals surface area contributed by atoms with Crippen molar-refractivity contribution >= 4 is 5.69 Å². The Balaban J connectivity index is 1.33. The molecule has 3 heterocycles. The highest BCUT2D eigenvalue weighted by Gasteiger charge is 2.42. The van der Waals surface area contributed by atoms with E-state index < -0.39 is 18.3 Å². The van der Waals surface area contributed by atoms with Crippen LogP contribution in [0.3, 0.4) is 0 Å². The smallest absolute Gasteiger partial charge is 0.266 e. The summed E-state index contributed by atoms with van der Waals surface area (Å²) in [4.78, 5) is 18.4. The minimum atomic E-state index is -2.76. The van der Waals surface area contributed by atoms with Gasteiger partial charge >= 0.3 is 0 Å². The van der Waals surface area contributed by atoms with Gasteiger partial charge in [-0.2, -0.15) is 0 Å². The Morgan fingerprint density at radius 2 is 1.62 bits per heavy atom. The Morgan fingerprint density at radius 1 is 0.931 bits per heavy atom. The van der Waals surface area contributed by atoms with Crippen LogP contribution < -0.4 is 4.90 Å². The maximum Gasteiger partial charge on any atom is 0.266 e. The van der Waals surface area contributed by atoms with Crippen LogP contribution in [0.1, 0.15) is 35.8 Å². The minimum Gasteiger partial charge on any atom is -0.363 e. The summed E-state index contributed by atoms with van der Waals surface area (Å²) in [5.41, 5.74) is 2.21. The van der Waals surface area contributed by atoms with Crippen molar-refractivity contribution in [3.8, 4) is 11.6 Å². The van der Waals surface area contributed by atoms with Gasteiger partial charge in [0.05, 0.1) is 12.2 Å². The van der Waals surface area contributed by atoms with E-state index in [-0.39, 0.29) is 30.5 Å². The largest absolute Gasteiger partial charge is 0.363 e. The molecule has 1 saturated heterocycles. The summed E-state index contributed by atoms with van der Waals surface area (Å²) in [5, 5.41) is 0. The van der Waals surface area contributed by atoms with Crippen molar-refractivity contribution in [2.75, 3.05) is 18.0 Å². The zero-order valence-corrected chi connectivity index (χ0v) is 15.5. The van der Waals surface area contributed by atoms with Crippen molar-refractivity contribution in [2.45, 2.75) is 30.6 Å². The fourth-order valence-electron chi connectivity index (χ4n) is 3.94. The lowest BCUT2D eigenvalue weighted by molar-refractivity contribution is 0.0257. The van der Waals surface area contributed by atoms with E-state index >= 15 is 0 Å². The molecule has 0 amide bonds. The summed E-state index contributed by atoms with van der Waals surface area (Å²) in [6, 6.07) is 6.56. The van der Waals surface area contributed by atoms with Crippen LogP contribution in [-0.2, 0) is 0 Å². The molecule has 1 aliphatic heterocycles. The molecule has 2 aromatic heterocycles. The Bertz CT molecular complexity index is 1030. The molecule has 5 nitrogen and oxygen atoms in total. The van der Waals surface area contributed by atoms with Gasteiger partial charge in [0.2, 0.25) is 0 Å². The minimum absolute atomic E-state index is 0.165. The van der Waals surface area contributed by atoms with Gasteiger partial charge < -0.3 is 4.90 Å². The number of halogens is 3. The first-order chi connectivity index (χ1) is 14.0. The highest BCUT2D eigenvalue weighted by atomic mass is 19.3. The SMILES string of the molecule is Fc1ccc(C2CC2c2cnc(-c3ncccn3)nc2)cc1N1CCC(F)(F)C1. The summed E-state index contributed by atoms with van der Waals surface area (Å²) in [5.74, 6) is -1.84. The van der Waals surface area contributed by atoms with Crippen LogP contribution in [-0.4, -0.2) is 38.9 Å². The molecule has 2 atom stereocenters. The third kappa shape index (κ3) is 3.54. The predicted molar refractivity (Wildman–Crippen MR) is 101 cm³/mol. The summed E-state index contributed by atoms with van der Waals surface area (Å²) < 4.78 is 41.3. The first-order valence-electron chi connectivity index (χ1n) is 9.52. The molecule has 2 unspecified atom stereocenters. The number of aromatic nitrogens is 4. The average Bonchev–Trinajstić information content (AvgIpc) is 3.45. The lowest BCUT2D eigenvalue weighted by Crippen LogP contribution is -2.25. The van der Waals surface area contributed by atoms with E-state index in [9.17, 15) is 13.2 Å². The van der Waals surface area contributed by atoms with Crippen LogP contribution in [0.25, 0.3) is 11.6 Å². The lowest BCUT2D eigenvalue weighted by atomic mass is 10.1. The quantitative estimate of drug-likeness (QED) is 0.661. The van der Waals surface area contributed by atoms with Crippen molar-refractivity contribution in [2.24, 2.45) is 0 Å². The summed E-state index contributed by atoms with van der Waals surface area (Å²) in [6.45, 7) is -0.267. The normalized spacial score (nSPS) is 22.7. The van der Waals surface area contributed by atoms with Crippen LogP contribution in [0.5, 0.6) is 0 Å². The van der Waals surface area contributed by atoms with E-state index in [4.69, 9.17) is 0 Å². The molecule has 148 valence electrons. The van der Waals surface area contributed by atoms with E-state index in [1.807, 2.05) is 0 Å². The average molecular weight is 397 g/mol. The lowest BCUT2D eigenvalue weighted by Gasteiger charge is -2.20. The van der Waals surface area contributed by atoms with Crippen LogP contribution in [0.4, 0.5) is 18.9 Å². The van der Waals surface area contributed by atoms with Gasteiger partial charge in [-0.15, -0.1) is 0 Å². The van der Waals surface area contributed by atoms with Gasteiger partial charge in [0.15, 0.2) is 11.6 Å². The monoisotopic (exact) mass is 397 g/mol. The molecular weight excluding hydrogens is 379 g/mol. The summed E-state index contributed by atoms with van der Waals surface area (Å²) in [7, 11) is 0. The molecule has 8 heteroatoms. The molecule has 3 aromatic rings. The molecule has 0 spiro atoms. The number of rotatable bonds is 4. The number of hydrogen-bond acceptors (Lipinski definition) is 5. The van der Waals surface area contributed by atoms with E-state index in [0.29, 0.717) is 11.6 Å². The number of alkyl halides is 2. The maximum atomic E-state index is 14.3. The summed E-state index contributed by atoms with van der Waals surface area (Å²) >= 11 is 0. The fourth-order valence-corrected chi connectivity index (χ4v) is 3.94. The van der Waals surface area contributed by atoms with E-state index in [1.54, 1.807) is 43.0 Å². The maximum absolute atomic E-state index is 14.3. The highest BCUT2D eigenvalue weighted by molar-refractivity contribution is 5.53. The zero-order valence-electron chi connectivity index (χ0n) is 15.5. The molecule has 2 fully saturated rings. The fraction of sp³-hybridized carbons (Fsp3) is 0.333. The number of hydrogen-bond donors (Lipinski definition) is 0. The van der Waals surface area contributed by atoms with Crippen molar-refractivity contribution < 1.29 is 13.2 Å². The molecule has 0 radical (unpaired) electrons. The van der Waals surface area contributed by atoms with Crippen LogP contribution in [0.2, 0.25) is 0 Å². The van der Waals surface area contributed by atoms with E-state index in [2.05, 4.69) is 19.9 Å². The number of benzene rings is 1. The van der Waals surface area contributed by atoms with Crippen LogP contribution in [0, 0.1) is 5.82 Å². The number of nitrogens with zero attached hydrogens (tertiary/aromatic N) is 5. The Morgan fingerprint density at radius 3 is 2.31 bits per heavy atom. The second kappa shape index (κ2) is 6.79. The van der Waals surface area contributed by atoms with Gasteiger partial charge in [-0.1, -0.05) is 6.07 Å². The topological polar surface area (TPSA) is 54.8 Å². The first kappa shape index (κ1) is 18.0. The molecule has 1 saturated carbocycles. The van der Waals surface area contributed by atoms with Crippen LogP contribution in [0.15, 0.2) is 49.1 Å². The molecular formula is C21H18F3N5.